The Kier molecular flexibility index (Phi) is 3.59. The van der Waals surface area contributed by atoms with Gasteiger partial charge in [0.25, 0.3) is 0 Å². The van der Waals surface area contributed by atoms with Crippen molar-refractivity contribution < 1.29 is 0 Å². The van der Waals surface area contributed by atoms with Crippen LogP contribution in [0.3, 0.4) is 0 Å². The molecule has 1 aromatic rings. The highest BCUT2D eigenvalue weighted by molar-refractivity contribution is 5.40. The lowest BCUT2D eigenvalue weighted by Gasteiger charge is -2.29. The van der Waals surface area contributed by atoms with Crippen LogP contribution in [0.2, 0.25) is 0 Å². The summed E-state index contributed by atoms with van der Waals surface area (Å²) in [7, 11) is 0. The molecule has 2 rings (SSSR count). The Labute approximate surface area is 92.1 Å². The first kappa shape index (κ1) is 10.5. The molecule has 1 N–H and O–H groups in total. The van der Waals surface area contributed by atoms with Gasteiger partial charge >= 0.3 is 0 Å². The number of anilines is 1. The molecule has 1 aliphatic carbocycles. The van der Waals surface area contributed by atoms with Gasteiger partial charge in [-0.25, -0.2) is 0 Å². The van der Waals surface area contributed by atoms with Crippen LogP contribution in [-0.4, -0.2) is 11.5 Å². The van der Waals surface area contributed by atoms with Crippen LogP contribution in [0.25, 0.3) is 0 Å². The number of nitrogens with zero attached hydrogens (tertiary/aromatic N) is 1. The quantitative estimate of drug-likeness (QED) is 0.817. The Hall–Kier alpha value is -1.05. The Morgan fingerprint density at radius 1 is 1.27 bits per heavy atom. The van der Waals surface area contributed by atoms with E-state index in [1.807, 2.05) is 24.5 Å². The van der Waals surface area contributed by atoms with Gasteiger partial charge < -0.3 is 5.32 Å². The smallest absolute Gasteiger partial charge is 0.0371 e. The van der Waals surface area contributed by atoms with Crippen molar-refractivity contribution in [1.82, 2.24) is 4.98 Å². The SMILES string of the molecule is CC1CCCCC1CNc1ccncc1. The van der Waals surface area contributed by atoms with E-state index < -0.39 is 0 Å². The molecule has 0 spiro atoms. The molecule has 2 atom stereocenters. The van der Waals surface area contributed by atoms with Crippen molar-refractivity contribution in [2.75, 3.05) is 11.9 Å². The molecule has 1 aromatic heterocycles. The van der Waals surface area contributed by atoms with E-state index in [0.29, 0.717) is 0 Å². The molecule has 1 fully saturated rings. The van der Waals surface area contributed by atoms with Crippen LogP contribution in [0.1, 0.15) is 32.6 Å². The van der Waals surface area contributed by atoms with Crippen molar-refractivity contribution in [3.63, 3.8) is 0 Å². The van der Waals surface area contributed by atoms with Gasteiger partial charge in [0.2, 0.25) is 0 Å². The van der Waals surface area contributed by atoms with Crippen molar-refractivity contribution >= 4 is 5.69 Å². The summed E-state index contributed by atoms with van der Waals surface area (Å²) in [4.78, 5) is 4.02. The van der Waals surface area contributed by atoms with Gasteiger partial charge in [-0.3, -0.25) is 4.98 Å². The van der Waals surface area contributed by atoms with Gasteiger partial charge in [0.05, 0.1) is 0 Å². The fourth-order valence-corrected chi connectivity index (χ4v) is 2.42. The van der Waals surface area contributed by atoms with E-state index in [1.165, 1.54) is 31.4 Å². The minimum Gasteiger partial charge on any atom is -0.385 e. The number of rotatable bonds is 3. The third-order valence-corrected chi connectivity index (χ3v) is 3.54. The Morgan fingerprint density at radius 3 is 2.73 bits per heavy atom. The lowest BCUT2D eigenvalue weighted by Crippen LogP contribution is -2.24. The topological polar surface area (TPSA) is 24.9 Å². The number of aromatic nitrogens is 1. The average molecular weight is 204 g/mol. The number of nitrogens with one attached hydrogen (secondary N) is 1. The highest BCUT2D eigenvalue weighted by Gasteiger charge is 2.20. The molecule has 2 nitrogen and oxygen atoms in total. The van der Waals surface area contributed by atoms with Crippen LogP contribution in [0.4, 0.5) is 5.69 Å². The maximum Gasteiger partial charge on any atom is 0.0371 e. The normalized spacial score (nSPS) is 26.2. The van der Waals surface area contributed by atoms with Gasteiger partial charge in [-0.05, 0) is 30.4 Å². The molecule has 0 amide bonds. The zero-order chi connectivity index (χ0) is 10.5. The van der Waals surface area contributed by atoms with Crippen molar-refractivity contribution in [2.24, 2.45) is 11.8 Å². The summed E-state index contributed by atoms with van der Waals surface area (Å²) >= 11 is 0. The summed E-state index contributed by atoms with van der Waals surface area (Å²) in [5, 5.41) is 3.50. The molecule has 0 saturated heterocycles. The summed E-state index contributed by atoms with van der Waals surface area (Å²) in [6.07, 6.45) is 9.31. The molecule has 82 valence electrons. The number of hydrogen-bond acceptors (Lipinski definition) is 2. The first-order valence-electron chi connectivity index (χ1n) is 6.00. The highest BCUT2D eigenvalue weighted by Crippen LogP contribution is 2.29. The predicted molar refractivity (Wildman–Crippen MR) is 63.8 cm³/mol. The molecule has 1 heterocycles. The minimum absolute atomic E-state index is 0.854. The van der Waals surface area contributed by atoms with E-state index in [2.05, 4.69) is 17.2 Å². The molecule has 0 radical (unpaired) electrons. The van der Waals surface area contributed by atoms with Gasteiger partial charge in [-0.1, -0.05) is 26.2 Å². The monoisotopic (exact) mass is 204 g/mol. The summed E-state index contributed by atoms with van der Waals surface area (Å²) in [5.41, 5.74) is 1.20. The fraction of sp³-hybridized carbons (Fsp3) is 0.615. The summed E-state index contributed by atoms with van der Waals surface area (Å²) < 4.78 is 0. The van der Waals surface area contributed by atoms with Crippen molar-refractivity contribution in [3.05, 3.63) is 24.5 Å². The van der Waals surface area contributed by atoms with E-state index in [1.54, 1.807) is 0 Å². The molecule has 0 aliphatic heterocycles. The second kappa shape index (κ2) is 5.15. The van der Waals surface area contributed by atoms with E-state index in [4.69, 9.17) is 0 Å². The third kappa shape index (κ3) is 2.95. The van der Waals surface area contributed by atoms with Crippen molar-refractivity contribution in [1.29, 1.82) is 0 Å². The van der Waals surface area contributed by atoms with E-state index in [-0.39, 0.29) is 0 Å². The second-order valence-corrected chi connectivity index (χ2v) is 4.64. The van der Waals surface area contributed by atoms with Gasteiger partial charge in [-0.2, -0.15) is 0 Å². The van der Waals surface area contributed by atoms with E-state index >= 15 is 0 Å². The van der Waals surface area contributed by atoms with Gasteiger partial charge in [-0.15, -0.1) is 0 Å². The predicted octanol–water partition coefficient (Wildman–Crippen LogP) is 3.32. The first-order valence-corrected chi connectivity index (χ1v) is 6.00. The Morgan fingerprint density at radius 2 is 2.00 bits per heavy atom. The zero-order valence-electron chi connectivity index (χ0n) is 9.45. The minimum atomic E-state index is 0.854. The van der Waals surface area contributed by atoms with Crippen LogP contribution in [0, 0.1) is 11.8 Å². The molecular formula is C13H20N2. The molecule has 0 aromatic carbocycles. The largest absolute Gasteiger partial charge is 0.385 e. The standard InChI is InChI=1S/C13H20N2/c1-11-4-2-3-5-12(11)10-15-13-6-8-14-9-7-13/h6-9,11-12H,2-5,10H2,1H3,(H,14,15). The number of hydrogen-bond donors (Lipinski definition) is 1. The van der Waals surface area contributed by atoms with Crippen molar-refractivity contribution in [3.8, 4) is 0 Å². The zero-order valence-corrected chi connectivity index (χ0v) is 9.45. The Balaban J connectivity index is 1.82. The average Bonchev–Trinajstić information content (AvgIpc) is 2.29. The molecule has 1 saturated carbocycles. The van der Waals surface area contributed by atoms with Crippen LogP contribution < -0.4 is 5.32 Å². The third-order valence-electron chi connectivity index (χ3n) is 3.54. The lowest BCUT2D eigenvalue weighted by molar-refractivity contribution is 0.268. The fourth-order valence-electron chi connectivity index (χ4n) is 2.42. The molecule has 2 unspecified atom stereocenters. The maximum atomic E-state index is 4.02. The highest BCUT2D eigenvalue weighted by atomic mass is 14.9. The molecule has 1 aliphatic rings. The van der Waals surface area contributed by atoms with Gasteiger partial charge in [0.15, 0.2) is 0 Å². The molecule has 2 heteroatoms. The maximum absolute atomic E-state index is 4.02. The van der Waals surface area contributed by atoms with Crippen LogP contribution in [0.15, 0.2) is 24.5 Å². The summed E-state index contributed by atoms with van der Waals surface area (Å²) in [5.74, 6) is 1.74. The van der Waals surface area contributed by atoms with E-state index in [0.717, 1.165) is 18.4 Å². The van der Waals surface area contributed by atoms with Gasteiger partial charge in [0, 0.05) is 24.6 Å². The van der Waals surface area contributed by atoms with E-state index in [9.17, 15) is 0 Å². The molecular weight excluding hydrogens is 184 g/mol. The van der Waals surface area contributed by atoms with Crippen LogP contribution in [0.5, 0.6) is 0 Å². The molecule has 0 bridgehead atoms. The van der Waals surface area contributed by atoms with Gasteiger partial charge in [0.1, 0.15) is 0 Å². The lowest BCUT2D eigenvalue weighted by atomic mass is 9.80. The van der Waals surface area contributed by atoms with Crippen LogP contribution in [-0.2, 0) is 0 Å². The first-order chi connectivity index (χ1) is 7.36. The van der Waals surface area contributed by atoms with Crippen molar-refractivity contribution in [2.45, 2.75) is 32.6 Å². The molecule has 15 heavy (non-hydrogen) atoms. The second-order valence-electron chi connectivity index (χ2n) is 4.64. The number of pyridine rings is 1. The van der Waals surface area contributed by atoms with Crippen LogP contribution >= 0.6 is 0 Å². The summed E-state index contributed by atoms with van der Waals surface area (Å²) in [6, 6.07) is 4.07. The Bertz CT molecular complexity index is 284. The summed E-state index contributed by atoms with van der Waals surface area (Å²) in [6.45, 7) is 3.50.